The van der Waals surface area contributed by atoms with E-state index in [1.807, 2.05) is 0 Å². The van der Waals surface area contributed by atoms with E-state index in [-0.39, 0.29) is 11.4 Å². The van der Waals surface area contributed by atoms with E-state index >= 15 is 0 Å². The second-order valence-electron chi connectivity index (χ2n) is 2.68. The lowest BCUT2D eigenvalue weighted by molar-refractivity contribution is -0.167. The molecule has 0 saturated heterocycles. The molecule has 0 bridgehead atoms. The Bertz CT molecular complexity index is 392. The highest BCUT2D eigenvalue weighted by molar-refractivity contribution is 9.10. The fourth-order valence-electron chi connectivity index (χ4n) is 0.841. The number of nitrogens with one attached hydrogen (secondary N) is 1. The number of carbonyl (C=O) groups is 1. The molecule has 0 aliphatic rings. The Morgan fingerprint density at radius 3 is 2.47 bits per heavy atom. The number of hydrogen-bond acceptors (Lipinski definition) is 2. The normalized spacial score (nSPS) is 11.2. The van der Waals surface area contributed by atoms with Crippen LogP contribution in [-0.2, 0) is 4.79 Å². The summed E-state index contributed by atoms with van der Waals surface area (Å²) in [5.74, 6) is -2.04. The summed E-state index contributed by atoms with van der Waals surface area (Å²) in [5.41, 5.74) is 5.39. The van der Waals surface area contributed by atoms with Gasteiger partial charge in [0.15, 0.2) is 0 Å². The first-order valence-electron chi connectivity index (χ1n) is 3.74. The van der Waals surface area contributed by atoms with Crippen molar-refractivity contribution in [3.8, 4) is 0 Å². The van der Waals surface area contributed by atoms with Crippen LogP contribution in [0.15, 0.2) is 22.7 Å². The SMILES string of the molecule is Nc1cc(Br)ccc1NC(=O)C(F)(F)F. The summed E-state index contributed by atoms with van der Waals surface area (Å²) in [6.07, 6.45) is -4.92. The monoisotopic (exact) mass is 282 g/mol. The van der Waals surface area contributed by atoms with Crippen LogP contribution in [0.3, 0.4) is 0 Å². The first-order valence-corrected chi connectivity index (χ1v) is 4.53. The van der Waals surface area contributed by atoms with Crippen molar-refractivity contribution >= 4 is 33.2 Å². The van der Waals surface area contributed by atoms with Gasteiger partial charge in [-0.15, -0.1) is 0 Å². The average molecular weight is 283 g/mol. The molecule has 0 saturated carbocycles. The zero-order chi connectivity index (χ0) is 11.6. The molecule has 0 atom stereocenters. The minimum Gasteiger partial charge on any atom is -0.397 e. The van der Waals surface area contributed by atoms with Crippen LogP contribution in [0, 0.1) is 0 Å². The van der Waals surface area contributed by atoms with Gasteiger partial charge in [0, 0.05) is 4.47 Å². The van der Waals surface area contributed by atoms with E-state index in [1.54, 1.807) is 5.32 Å². The third-order valence-electron chi connectivity index (χ3n) is 1.52. The molecule has 0 heterocycles. The largest absolute Gasteiger partial charge is 0.471 e. The van der Waals surface area contributed by atoms with E-state index in [9.17, 15) is 18.0 Å². The van der Waals surface area contributed by atoms with Crippen LogP contribution in [0.25, 0.3) is 0 Å². The van der Waals surface area contributed by atoms with Crippen LogP contribution < -0.4 is 11.1 Å². The van der Waals surface area contributed by atoms with Crippen molar-refractivity contribution in [3.63, 3.8) is 0 Å². The molecule has 1 rings (SSSR count). The van der Waals surface area contributed by atoms with Crippen molar-refractivity contribution in [2.24, 2.45) is 0 Å². The molecule has 82 valence electrons. The van der Waals surface area contributed by atoms with Crippen LogP contribution in [0.5, 0.6) is 0 Å². The molecule has 0 aliphatic heterocycles. The molecule has 0 radical (unpaired) electrons. The molecule has 3 nitrogen and oxygen atoms in total. The van der Waals surface area contributed by atoms with E-state index < -0.39 is 12.1 Å². The van der Waals surface area contributed by atoms with Crippen LogP contribution in [-0.4, -0.2) is 12.1 Å². The Labute approximate surface area is 91.6 Å². The third-order valence-corrected chi connectivity index (χ3v) is 2.01. The van der Waals surface area contributed by atoms with E-state index in [1.165, 1.54) is 18.2 Å². The molecule has 1 aromatic rings. The zero-order valence-electron chi connectivity index (χ0n) is 7.23. The predicted molar refractivity (Wildman–Crippen MR) is 53.2 cm³/mol. The number of nitrogens with two attached hydrogens (primary N) is 1. The van der Waals surface area contributed by atoms with Crippen molar-refractivity contribution in [2.75, 3.05) is 11.1 Å². The standard InChI is InChI=1S/C8H6BrF3N2O/c9-4-1-2-6(5(13)3-4)14-7(15)8(10,11)12/h1-3H,13H2,(H,14,15). The van der Waals surface area contributed by atoms with Gasteiger partial charge in [0.1, 0.15) is 0 Å². The summed E-state index contributed by atoms with van der Waals surface area (Å²) in [5, 5.41) is 1.67. The van der Waals surface area contributed by atoms with Gasteiger partial charge in [-0.1, -0.05) is 15.9 Å². The van der Waals surface area contributed by atoms with Crippen molar-refractivity contribution in [1.82, 2.24) is 0 Å². The van der Waals surface area contributed by atoms with Gasteiger partial charge < -0.3 is 11.1 Å². The Balaban J connectivity index is 2.87. The molecule has 15 heavy (non-hydrogen) atoms. The maximum atomic E-state index is 11.9. The number of carbonyl (C=O) groups excluding carboxylic acids is 1. The van der Waals surface area contributed by atoms with Crippen LogP contribution in [0.4, 0.5) is 24.5 Å². The zero-order valence-corrected chi connectivity index (χ0v) is 8.82. The average Bonchev–Trinajstić information content (AvgIpc) is 2.08. The van der Waals surface area contributed by atoms with E-state index in [2.05, 4.69) is 15.9 Å². The van der Waals surface area contributed by atoms with Gasteiger partial charge in [-0.2, -0.15) is 13.2 Å². The molecule has 0 aromatic heterocycles. The number of anilines is 2. The lowest BCUT2D eigenvalue weighted by atomic mass is 10.2. The molecule has 0 fully saturated rings. The van der Waals surface area contributed by atoms with Crippen molar-refractivity contribution in [3.05, 3.63) is 22.7 Å². The lowest BCUT2D eigenvalue weighted by Crippen LogP contribution is -2.30. The fraction of sp³-hybridized carbons (Fsp3) is 0.125. The van der Waals surface area contributed by atoms with Gasteiger partial charge in [-0.05, 0) is 18.2 Å². The third kappa shape index (κ3) is 3.12. The van der Waals surface area contributed by atoms with E-state index in [0.717, 1.165) is 0 Å². The molecule has 7 heteroatoms. The fourth-order valence-corrected chi connectivity index (χ4v) is 1.22. The smallest absolute Gasteiger partial charge is 0.397 e. The number of nitrogen functional groups attached to an aromatic ring is 1. The van der Waals surface area contributed by atoms with E-state index in [0.29, 0.717) is 4.47 Å². The van der Waals surface area contributed by atoms with Crippen LogP contribution in [0.2, 0.25) is 0 Å². The Hall–Kier alpha value is -1.24. The molecule has 1 amide bonds. The van der Waals surface area contributed by atoms with Gasteiger partial charge in [0.25, 0.3) is 0 Å². The first kappa shape index (κ1) is 11.8. The maximum Gasteiger partial charge on any atom is 0.471 e. The highest BCUT2D eigenvalue weighted by Gasteiger charge is 2.38. The summed E-state index contributed by atoms with van der Waals surface area (Å²) in [6, 6.07) is 4.15. The Morgan fingerprint density at radius 2 is 2.00 bits per heavy atom. The van der Waals surface area contributed by atoms with Gasteiger partial charge in [-0.25, -0.2) is 0 Å². The molecule has 0 spiro atoms. The molecule has 1 aromatic carbocycles. The summed E-state index contributed by atoms with van der Waals surface area (Å²) < 4.78 is 36.3. The van der Waals surface area contributed by atoms with Crippen LogP contribution in [0.1, 0.15) is 0 Å². The lowest BCUT2D eigenvalue weighted by Gasteiger charge is -2.09. The number of alkyl halides is 3. The van der Waals surface area contributed by atoms with Crippen molar-refractivity contribution in [1.29, 1.82) is 0 Å². The minimum absolute atomic E-state index is 0.0574. The predicted octanol–water partition coefficient (Wildman–Crippen LogP) is 2.53. The van der Waals surface area contributed by atoms with Crippen molar-refractivity contribution in [2.45, 2.75) is 6.18 Å². The number of amides is 1. The molecule has 0 aliphatic carbocycles. The van der Waals surface area contributed by atoms with Gasteiger partial charge in [0.05, 0.1) is 11.4 Å². The number of hydrogen-bond donors (Lipinski definition) is 2. The molecular formula is C8H6BrF3N2O. The molecule has 3 N–H and O–H groups in total. The molecule has 0 unspecified atom stereocenters. The second-order valence-corrected chi connectivity index (χ2v) is 3.60. The van der Waals surface area contributed by atoms with Gasteiger partial charge in [-0.3, -0.25) is 4.79 Å². The molecular weight excluding hydrogens is 277 g/mol. The number of benzene rings is 1. The van der Waals surface area contributed by atoms with Gasteiger partial charge in [0.2, 0.25) is 0 Å². The van der Waals surface area contributed by atoms with Gasteiger partial charge >= 0.3 is 12.1 Å². The Morgan fingerprint density at radius 1 is 1.40 bits per heavy atom. The Kier molecular flexibility index (Phi) is 3.23. The quantitative estimate of drug-likeness (QED) is 0.778. The number of halogens is 4. The summed E-state index contributed by atoms with van der Waals surface area (Å²) in [7, 11) is 0. The minimum atomic E-state index is -4.92. The van der Waals surface area contributed by atoms with Crippen LogP contribution >= 0.6 is 15.9 Å². The number of rotatable bonds is 1. The highest BCUT2D eigenvalue weighted by atomic mass is 79.9. The van der Waals surface area contributed by atoms with E-state index in [4.69, 9.17) is 5.73 Å². The second kappa shape index (κ2) is 4.09. The topological polar surface area (TPSA) is 55.1 Å². The van der Waals surface area contributed by atoms with Crippen molar-refractivity contribution < 1.29 is 18.0 Å². The summed E-state index contributed by atoms with van der Waals surface area (Å²) in [4.78, 5) is 10.6. The maximum absolute atomic E-state index is 11.9. The first-order chi connectivity index (χ1) is 6.80. The summed E-state index contributed by atoms with van der Waals surface area (Å²) in [6.45, 7) is 0. The summed E-state index contributed by atoms with van der Waals surface area (Å²) >= 11 is 3.09. The highest BCUT2D eigenvalue weighted by Crippen LogP contribution is 2.25.